The van der Waals surface area contributed by atoms with Gasteiger partial charge in [-0.05, 0) is 43.0 Å². The first-order valence-electron chi connectivity index (χ1n) is 7.06. The summed E-state index contributed by atoms with van der Waals surface area (Å²) in [5.74, 6) is 1.57. The molecule has 1 aliphatic rings. The van der Waals surface area contributed by atoms with Gasteiger partial charge >= 0.3 is 0 Å². The lowest BCUT2D eigenvalue weighted by atomic mass is 9.85. The van der Waals surface area contributed by atoms with Crippen LogP contribution in [0.5, 0.6) is 5.75 Å². The number of benzene rings is 1. The molecule has 0 amide bonds. The molecule has 2 rings (SSSR count). The predicted molar refractivity (Wildman–Crippen MR) is 76.0 cm³/mol. The highest BCUT2D eigenvalue weighted by atomic mass is 16.5. The molecule has 3 heteroatoms. The maximum Gasteiger partial charge on any atom is 0.136 e. The number of nitriles is 1. The maximum atomic E-state index is 8.99. The summed E-state index contributed by atoms with van der Waals surface area (Å²) in [7, 11) is 1.62. The van der Waals surface area contributed by atoms with E-state index in [1.165, 1.54) is 31.4 Å². The predicted octanol–water partition coefficient (Wildman–Crippen LogP) is 3.19. The molecule has 0 atom stereocenters. The standard InChI is InChI=1S/C16H22N2O/c1-3-18(11-13-5-4-6-13)12-14-7-8-15(10-17)16(9-14)19-2/h7-9,13H,3-6,11-12H2,1-2H3. The first-order chi connectivity index (χ1) is 9.26. The largest absolute Gasteiger partial charge is 0.495 e. The van der Waals surface area contributed by atoms with Gasteiger partial charge in [-0.25, -0.2) is 0 Å². The van der Waals surface area contributed by atoms with Crippen molar-refractivity contribution in [3.63, 3.8) is 0 Å². The molecule has 0 spiro atoms. The second-order valence-corrected chi connectivity index (χ2v) is 5.27. The molecule has 102 valence electrons. The number of hydrogen-bond acceptors (Lipinski definition) is 3. The first-order valence-corrected chi connectivity index (χ1v) is 7.06. The van der Waals surface area contributed by atoms with E-state index in [1.54, 1.807) is 7.11 Å². The number of ether oxygens (including phenoxy) is 1. The molecule has 0 aromatic heterocycles. The van der Waals surface area contributed by atoms with Gasteiger partial charge < -0.3 is 4.74 Å². The Hall–Kier alpha value is -1.53. The molecular formula is C16H22N2O. The summed E-state index contributed by atoms with van der Waals surface area (Å²) in [6.07, 6.45) is 4.16. The summed E-state index contributed by atoms with van der Waals surface area (Å²) in [5.41, 5.74) is 1.82. The summed E-state index contributed by atoms with van der Waals surface area (Å²) in [6, 6.07) is 8.03. The van der Waals surface area contributed by atoms with E-state index in [9.17, 15) is 0 Å². The second-order valence-electron chi connectivity index (χ2n) is 5.27. The minimum atomic E-state index is 0.605. The summed E-state index contributed by atoms with van der Waals surface area (Å²) < 4.78 is 5.26. The number of rotatable bonds is 6. The molecule has 0 N–H and O–H groups in total. The van der Waals surface area contributed by atoms with E-state index in [0.717, 1.165) is 19.0 Å². The van der Waals surface area contributed by atoms with Gasteiger partial charge in [-0.3, -0.25) is 4.90 Å². The summed E-state index contributed by atoms with van der Waals surface area (Å²) in [4.78, 5) is 2.48. The van der Waals surface area contributed by atoms with Crippen LogP contribution in [-0.4, -0.2) is 25.1 Å². The zero-order valence-electron chi connectivity index (χ0n) is 11.9. The van der Waals surface area contributed by atoms with Crippen LogP contribution in [0.1, 0.15) is 37.3 Å². The molecule has 0 unspecified atom stereocenters. The summed E-state index contributed by atoms with van der Waals surface area (Å²) >= 11 is 0. The number of methoxy groups -OCH3 is 1. The lowest BCUT2D eigenvalue weighted by Crippen LogP contribution is -2.32. The summed E-state index contributed by atoms with van der Waals surface area (Å²) in [6.45, 7) is 5.41. The van der Waals surface area contributed by atoms with Crippen LogP contribution >= 0.6 is 0 Å². The van der Waals surface area contributed by atoms with Crippen molar-refractivity contribution in [1.82, 2.24) is 4.90 Å². The van der Waals surface area contributed by atoms with Crippen LogP contribution < -0.4 is 4.74 Å². The van der Waals surface area contributed by atoms with Gasteiger partial charge in [0.2, 0.25) is 0 Å². The Kier molecular flexibility index (Phi) is 4.81. The van der Waals surface area contributed by atoms with Gasteiger partial charge in [0.25, 0.3) is 0 Å². The van der Waals surface area contributed by atoms with Crippen LogP contribution in [0.25, 0.3) is 0 Å². The highest BCUT2D eigenvalue weighted by Gasteiger charge is 2.20. The molecule has 1 saturated carbocycles. The minimum absolute atomic E-state index is 0.605. The molecule has 0 aliphatic heterocycles. The molecule has 0 saturated heterocycles. The fourth-order valence-electron chi connectivity index (χ4n) is 2.53. The molecule has 0 heterocycles. The quantitative estimate of drug-likeness (QED) is 0.786. The molecule has 1 fully saturated rings. The van der Waals surface area contributed by atoms with E-state index in [4.69, 9.17) is 10.00 Å². The Balaban J connectivity index is 2.02. The molecule has 1 aliphatic carbocycles. The van der Waals surface area contributed by atoms with Crippen molar-refractivity contribution in [3.05, 3.63) is 29.3 Å². The molecule has 0 radical (unpaired) electrons. The number of hydrogen-bond donors (Lipinski definition) is 0. The van der Waals surface area contributed by atoms with Gasteiger partial charge in [-0.1, -0.05) is 19.4 Å². The third-order valence-corrected chi connectivity index (χ3v) is 3.98. The van der Waals surface area contributed by atoms with Gasteiger partial charge in [0.05, 0.1) is 12.7 Å². The molecular weight excluding hydrogens is 236 g/mol. The van der Waals surface area contributed by atoms with E-state index < -0.39 is 0 Å². The van der Waals surface area contributed by atoms with Crippen molar-refractivity contribution in [3.8, 4) is 11.8 Å². The maximum absolute atomic E-state index is 8.99. The molecule has 1 aromatic carbocycles. The Morgan fingerprint density at radius 2 is 2.21 bits per heavy atom. The number of nitrogens with zero attached hydrogens (tertiary/aromatic N) is 2. The van der Waals surface area contributed by atoms with Crippen molar-refractivity contribution >= 4 is 0 Å². The molecule has 3 nitrogen and oxygen atoms in total. The smallest absolute Gasteiger partial charge is 0.136 e. The fourth-order valence-corrected chi connectivity index (χ4v) is 2.53. The molecule has 1 aromatic rings. The monoisotopic (exact) mass is 258 g/mol. The second kappa shape index (κ2) is 6.58. The van der Waals surface area contributed by atoms with Crippen LogP contribution in [0, 0.1) is 17.2 Å². The Labute approximate surface area is 115 Å². The van der Waals surface area contributed by atoms with E-state index in [-0.39, 0.29) is 0 Å². The third kappa shape index (κ3) is 3.48. The van der Waals surface area contributed by atoms with E-state index in [1.807, 2.05) is 18.2 Å². The van der Waals surface area contributed by atoms with Gasteiger partial charge in [0, 0.05) is 13.1 Å². The average molecular weight is 258 g/mol. The van der Waals surface area contributed by atoms with Crippen LogP contribution in [-0.2, 0) is 6.54 Å². The Morgan fingerprint density at radius 1 is 1.42 bits per heavy atom. The third-order valence-electron chi connectivity index (χ3n) is 3.98. The Morgan fingerprint density at radius 3 is 2.74 bits per heavy atom. The lowest BCUT2D eigenvalue weighted by molar-refractivity contribution is 0.178. The first kappa shape index (κ1) is 13.9. The van der Waals surface area contributed by atoms with Crippen molar-refractivity contribution in [2.75, 3.05) is 20.2 Å². The van der Waals surface area contributed by atoms with Crippen LogP contribution in [0.15, 0.2) is 18.2 Å². The van der Waals surface area contributed by atoms with Gasteiger partial charge in [0.1, 0.15) is 11.8 Å². The van der Waals surface area contributed by atoms with Crippen LogP contribution in [0.4, 0.5) is 0 Å². The van der Waals surface area contributed by atoms with Gasteiger partial charge in [-0.2, -0.15) is 5.26 Å². The highest BCUT2D eigenvalue weighted by molar-refractivity contribution is 5.45. The van der Waals surface area contributed by atoms with Crippen LogP contribution in [0.2, 0.25) is 0 Å². The van der Waals surface area contributed by atoms with Gasteiger partial charge in [-0.15, -0.1) is 0 Å². The highest BCUT2D eigenvalue weighted by Crippen LogP contribution is 2.28. The van der Waals surface area contributed by atoms with E-state index in [2.05, 4.69) is 17.9 Å². The van der Waals surface area contributed by atoms with Gasteiger partial charge in [0.15, 0.2) is 0 Å². The lowest BCUT2D eigenvalue weighted by Gasteiger charge is -2.31. The zero-order chi connectivity index (χ0) is 13.7. The van der Waals surface area contributed by atoms with E-state index >= 15 is 0 Å². The van der Waals surface area contributed by atoms with Crippen molar-refractivity contribution in [2.24, 2.45) is 5.92 Å². The normalized spacial score (nSPS) is 15.1. The Bertz CT molecular complexity index is 460. The molecule has 0 bridgehead atoms. The summed E-state index contributed by atoms with van der Waals surface area (Å²) in [5, 5.41) is 8.99. The van der Waals surface area contributed by atoms with E-state index in [0.29, 0.717) is 11.3 Å². The van der Waals surface area contributed by atoms with Crippen molar-refractivity contribution in [2.45, 2.75) is 32.7 Å². The average Bonchev–Trinajstić information content (AvgIpc) is 2.41. The SMILES string of the molecule is CCN(Cc1ccc(C#N)c(OC)c1)CC1CCC1. The van der Waals surface area contributed by atoms with Crippen molar-refractivity contribution in [1.29, 1.82) is 5.26 Å². The fraction of sp³-hybridized carbons (Fsp3) is 0.562. The topological polar surface area (TPSA) is 36.3 Å². The molecule has 19 heavy (non-hydrogen) atoms. The van der Waals surface area contributed by atoms with Crippen LogP contribution in [0.3, 0.4) is 0 Å². The minimum Gasteiger partial charge on any atom is -0.495 e. The van der Waals surface area contributed by atoms with Crippen molar-refractivity contribution < 1.29 is 4.74 Å². The zero-order valence-corrected chi connectivity index (χ0v) is 11.9.